The summed E-state index contributed by atoms with van der Waals surface area (Å²) in [6, 6.07) is 7.82. The van der Waals surface area contributed by atoms with Gasteiger partial charge >= 0.3 is 0 Å². The van der Waals surface area contributed by atoms with Crippen LogP contribution in [0.2, 0.25) is 0 Å². The lowest BCUT2D eigenvalue weighted by atomic mass is 10.2. The van der Waals surface area contributed by atoms with E-state index in [-0.39, 0.29) is 12.0 Å². The van der Waals surface area contributed by atoms with Gasteiger partial charge in [-0.3, -0.25) is 4.79 Å². The molecule has 0 spiro atoms. The Morgan fingerprint density at radius 1 is 1.26 bits per heavy atom. The van der Waals surface area contributed by atoms with Crippen molar-refractivity contribution in [2.45, 2.75) is 52.7 Å². The summed E-state index contributed by atoms with van der Waals surface area (Å²) in [7, 11) is 1.55. The highest BCUT2D eigenvalue weighted by Gasteiger charge is 2.26. The minimum Gasteiger partial charge on any atom is -0.493 e. The number of carbonyl (C=O) groups is 1. The maximum atomic E-state index is 12.4. The molecule has 1 N–H and O–H groups in total. The summed E-state index contributed by atoms with van der Waals surface area (Å²) in [6.07, 6.45) is 4.20. The van der Waals surface area contributed by atoms with Crippen LogP contribution in [0, 0.1) is 13.8 Å². The van der Waals surface area contributed by atoms with Gasteiger partial charge in [-0.25, -0.2) is 5.43 Å². The Bertz CT molecular complexity index is 864. The molecule has 1 aliphatic rings. The van der Waals surface area contributed by atoms with E-state index in [4.69, 9.17) is 9.47 Å². The molecular formula is C21H27N3O3. The maximum absolute atomic E-state index is 12.4. The number of ether oxygens (including phenoxy) is 2. The average Bonchev–Trinajstić information content (AvgIpc) is 3.41. The largest absolute Gasteiger partial charge is 0.493 e. The highest BCUT2D eigenvalue weighted by atomic mass is 16.5. The lowest BCUT2D eigenvalue weighted by molar-refractivity contribution is 0.0954. The zero-order valence-corrected chi connectivity index (χ0v) is 16.6. The quantitative estimate of drug-likeness (QED) is 0.593. The zero-order valence-electron chi connectivity index (χ0n) is 16.6. The molecule has 6 heteroatoms. The Balaban J connectivity index is 1.69. The minimum atomic E-state index is -0.295. The monoisotopic (exact) mass is 369 g/mol. The molecule has 1 aromatic carbocycles. The molecule has 27 heavy (non-hydrogen) atoms. The van der Waals surface area contributed by atoms with Crippen LogP contribution in [-0.2, 0) is 0 Å². The fourth-order valence-electron chi connectivity index (χ4n) is 3.21. The van der Waals surface area contributed by atoms with Crippen LogP contribution in [0.15, 0.2) is 29.4 Å². The standard InChI is InChI=1S/C21H27N3O3/c1-13(2)27-19-9-6-16(11-20(19)26-5)21(25)23-22-12-17-10-14(3)24(15(17)4)18-7-8-18/h6,9-13,18H,7-8H2,1-5H3,(H,23,25)/b22-12+. The third kappa shape index (κ3) is 4.32. The van der Waals surface area contributed by atoms with Crippen molar-refractivity contribution in [1.82, 2.24) is 9.99 Å². The van der Waals surface area contributed by atoms with Gasteiger partial charge in [0.15, 0.2) is 11.5 Å². The number of nitrogens with zero attached hydrogens (tertiary/aromatic N) is 2. The first-order valence-electron chi connectivity index (χ1n) is 9.27. The second-order valence-electron chi connectivity index (χ2n) is 7.16. The van der Waals surface area contributed by atoms with Crippen molar-refractivity contribution < 1.29 is 14.3 Å². The van der Waals surface area contributed by atoms with Crippen LogP contribution in [0.5, 0.6) is 11.5 Å². The molecule has 1 heterocycles. The Labute approximate surface area is 160 Å². The van der Waals surface area contributed by atoms with E-state index >= 15 is 0 Å². The van der Waals surface area contributed by atoms with Crippen LogP contribution in [0.4, 0.5) is 0 Å². The first-order chi connectivity index (χ1) is 12.9. The molecule has 1 amide bonds. The predicted octanol–water partition coefficient (Wildman–Crippen LogP) is 4.00. The molecule has 1 aromatic heterocycles. The fraction of sp³-hybridized carbons (Fsp3) is 0.429. The number of rotatable bonds is 7. The Kier molecular flexibility index (Phi) is 5.54. The maximum Gasteiger partial charge on any atom is 0.271 e. The fourth-order valence-corrected chi connectivity index (χ4v) is 3.21. The van der Waals surface area contributed by atoms with Crippen LogP contribution >= 0.6 is 0 Å². The van der Waals surface area contributed by atoms with Gasteiger partial charge in [0, 0.05) is 28.6 Å². The third-order valence-corrected chi connectivity index (χ3v) is 4.59. The van der Waals surface area contributed by atoms with Gasteiger partial charge < -0.3 is 14.0 Å². The number of hydrazone groups is 1. The van der Waals surface area contributed by atoms with E-state index in [1.165, 1.54) is 24.2 Å². The second-order valence-corrected chi connectivity index (χ2v) is 7.16. The van der Waals surface area contributed by atoms with E-state index in [0.29, 0.717) is 23.1 Å². The lowest BCUT2D eigenvalue weighted by Gasteiger charge is -2.14. The average molecular weight is 369 g/mol. The molecule has 1 fully saturated rings. The van der Waals surface area contributed by atoms with Crippen molar-refractivity contribution in [1.29, 1.82) is 0 Å². The van der Waals surface area contributed by atoms with E-state index < -0.39 is 0 Å². The van der Waals surface area contributed by atoms with Crippen molar-refractivity contribution in [3.8, 4) is 11.5 Å². The lowest BCUT2D eigenvalue weighted by Crippen LogP contribution is -2.18. The molecule has 0 atom stereocenters. The van der Waals surface area contributed by atoms with Gasteiger partial charge in [-0.05, 0) is 64.8 Å². The first-order valence-corrected chi connectivity index (χ1v) is 9.27. The van der Waals surface area contributed by atoms with E-state index in [1.807, 2.05) is 13.8 Å². The van der Waals surface area contributed by atoms with Crippen molar-refractivity contribution in [3.63, 3.8) is 0 Å². The first kappa shape index (κ1) is 19.0. The minimum absolute atomic E-state index is 0.0258. The Morgan fingerprint density at radius 3 is 2.63 bits per heavy atom. The van der Waals surface area contributed by atoms with E-state index in [9.17, 15) is 4.79 Å². The molecule has 0 aliphatic heterocycles. The zero-order chi connectivity index (χ0) is 19.6. The number of aromatic nitrogens is 1. The summed E-state index contributed by atoms with van der Waals surface area (Å²) in [6.45, 7) is 8.07. The second kappa shape index (κ2) is 7.86. The van der Waals surface area contributed by atoms with Gasteiger partial charge in [-0.1, -0.05) is 0 Å². The Hall–Kier alpha value is -2.76. The van der Waals surface area contributed by atoms with Gasteiger partial charge in [0.25, 0.3) is 5.91 Å². The molecule has 0 bridgehead atoms. The number of methoxy groups -OCH3 is 1. The van der Waals surface area contributed by atoms with Crippen molar-refractivity contribution >= 4 is 12.1 Å². The molecule has 3 rings (SSSR count). The smallest absolute Gasteiger partial charge is 0.271 e. The normalized spacial score (nSPS) is 14.0. The SMILES string of the molecule is COc1cc(C(=O)N/N=C/c2cc(C)n(C3CC3)c2C)ccc1OC(C)C. The number of hydrogen-bond donors (Lipinski definition) is 1. The molecule has 1 aliphatic carbocycles. The number of benzene rings is 1. The number of amides is 1. The van der Waals surface area contributed by atoms with E-state index in [0.717, 1.165) is 5.56 Å². The summed E-state index contributed by atoms with van der Waals surface area (Å²) in [4.78, 5) is 12.4. The third-order valence-electron chi connectivity index (χ3n) is 4.59. The highest BCUT2D eigenvalue weighted by molar-refractivity contribution is 5.95. The predicted molar refractivity (Wildman–Crippen MR) is 106 cm³/mol. The van der Waals surface area contributed by atoms with Gasteiger partial charge in [-0.2, -0.15) is 5.10 Å². The van der Waals surface area contributed by atoms with Crippen LogP contribution in [-0.4, -0.2) is 29.9 Å². The molecular weight excluding hydrogens is 342 g/mol. The van der Waals surface area contributed by atoms with Gasteiger partial charge in [-0.15, -0.1) is 0 Å². The summed E-state index contributed by atoms with van der Waals surface area (Å²) in [5, 5.41) is 4.13. The number of carbonyl (C=O) groups excluding carboxylic acids is 1. The summed E-state index contributed by atoms with van der Waals surface area (Å²) in [5.74, 6) is 0.838. The van der Waals surface area contributed by atoms with Gasteiger partial charge in [0.1, 0.15) is 0 Å². The highest BCUT2D eigenvalue weighted by Crippen LogP contribution is 2.38. The molecule has 1 saturated carbocycles. The van der Waals surface area contributed by atoms with Crippen molar-refractivity contribution in [3.05, 3.63) is 46.8 Å². The molecule has 6 nitrogen and oxygen atoms in total. The van der Waals surface area contributed by atoms with Gasteiger partial charge in [0.2, 0.25) is 0 Å². The number of nitrogens with one attached hydrogen (secondary N) is 1. The van der Waals surface area contributed by atoms with Crippen LogP contribution in [0.1, 0.15) is 60.0 Å². The topological polar surface area (TPSA) is 64.8 Å². The number of aryl methyl sites for hydroxylation is 1. The van der Waals surface area contributed by atoms with E-state index in [2.05, 4.69) is 35.0 Å². The molecule has 0 radical (unpaired) electrons. The van der Waals surface area contributed by atoms with E-state index in [1.54, 1.807) is 31.5 Å². The molecule has 2 aromatic rings. The van der Waals surface area contributed by atoms with Crippen molar-refractivity contribution in [2.75, 3.05) is 7.11 Å². The molecule has 144 valence electrons. The Morgan fingerprint density at radius 2 is 2.00 bits per heavy atom. The van der Waals surface area contributed by atoms with Gasteiger partial charge in [0.05, 0.1) is 19.4 Å². The van der Waals surface area contributed by atoms with Crippen LogP contribution < -0.4 is 14.9 Å². The number of hydrogen-bond acceptors (Lipinski definition) is 4. The van der Waals surface area contributed by atoms with Crippen molar-refractivity contribution in [2.24, 2.45) is 5.10 Å². The molecule has 0 unspecified atom stereocenters. The summed E-state index contributed by atoms with van der Waals surface area (Å²) in [5.41, 5.74) is 6.49. The summed E-state index contributed by atoms with van der Waals surface area (Å²) >= 11 is 0. The van der Waals surface area contributed by atoms with Crippen LogP contribution in [0.3, 0.4) is 0 Å². The summed E-state index contributed by atoms with van der Waals surface area (Å²) < 4.78 is 13.3. The molecule has 0 saturated heterocycles. The van der Waals surface area contributed by atoms with Crippen LogP contribution in [0.25, 0.3) is 0 Å².